The molecule has 32 heavy (non-hydrogen) atoms. The molecule has 0 amide bonds. The Hall–Kier alpha value is -2.31. The van der Waals surface area contributed by atoms with E-state index in [4.69, 9.17) is 28.3 Å². The number of anilines is 2. The summed E-state index contributed by atoms with van der Waals surface area (Å²) in [6.07, 6.45) is 0.173. The fourth-order valence-electron chi connectivity index (χ4n) is 2.62. The third kappa shape index (κ3) is 5.93. The lowest BCUT2D eigenvalue weighted by Gasteiger charge is -2.15. The van der Waals surface area contributed by atoms with E-state index in [1.165, 1.54) is 42.5 Å². The lowest BCUT2D eigenvalue weighted by Crippen LogP contribution is -2.17. The Labute approximate surface area is 198 Å². The molecule has 1 heterocycles. The van der Waals surface area contributed by atoms with Gasteiger partial charge < -0.3 is 5.11 Å². The molecule has 3 N–H and O–H groups in total. The number of nitrogens with one attached hydrogen (secondary N) is 2. The molecule has 0 aliphatic heterocycles. The van der Waals surface area contributed by atoms with Crippen LogP contribution in [0.3, 0.4) is 0 Å². The Morgan fingerprint density at radius 2 is 1.47 bits per heavy atom. The molecule has 0 atom stereocenters. The first-order chi connectivity index (χ1) is 15.0. The second-order valence-electron chi connectivity index (χ2n) is 6.49. The van der Waals surface area contributed by atoms with E-state index in [-0.39, 0.29) is 43.4 Å². The van der Waals surface area contributed by atoms with Crippen LogP contribution >= 0.6 is 34.5 Å². The van der Waals surface area contributed by atoms with Gasteiger partial charge in [-0.2, -0.15) is 0 Å². The number of hydrogen-bond donors (Lipinski definition) is 3. The minimum absolute atomic E-state index is 0.0208. The highest BCUT2D eigenvalue weighted by Crippen LogP contribution is 2.35. The number of hydrogen-bond acceptors (Lipinski definition) is 6. The first-order valence-electron chi connectivity index (χ1n) is 8.87. The molecule has 8 nitrogen and oxygen atoms in total. The first-order valence-corrected chi connectivity index (χ1v) is 13.5. The number of benzene rings is 2. The van der Waals surface area contributed by atoms with E-state index in [1.807, 2.05) is 0 Å². The van der Waals surface area contributed by atoms with Crippen LogP contribution in [-0.4, -0.2) is 27.9 Å². The molecule has 0 bridgehead atoms. The minimum atomic E-state index is -4.12. The summed E-state index contributed by atoms with van der Waals surface area (Å²) < 4.78 is 55.6. The number of carbonyl (C=O) groups is 1. The quantitative estimate of drug-likeness (QED) is 0.365. The Kier molecular flexibility index (Phi) is 7.36. The summed E-state index contributed by atoms with van der Waals surface area (Å²) in [4.78, 5) is 10.6. The van der Waals surface area contributed by atoms with E-state index in [0.29, 0.717) is 5.56 Å². The van der Waals surface area contributed by atoms with Crippen LogP contribution in [0.25, 0.3) is 0 Å². The molecular formula is C19H16Cl2N2O6S3. The molecule has 2 aromatic carbocycles. The normalized spacial score (nSPS) is 11.8. The molecular weight excluding hydrogens is 519 g/mol. The molecule has 3 rings (SSSR count). The summed E-state index contributed by atoms with van der Waals surface area (Å²) in [5.74, 6) is -0.958. The number of aryl methyl sites for hydroxylation is 1. The zero-order valence-electron chi connectivity index (χ0n) is 16.1. The molecule has 0 saturated carbocycles. The van der Waals surface area contributed by atoms with Gasteiger partial charge in [0.1, 0.15) is 4.21 Å². The van der Waals surface area contributed by atoms with Gasteiger partial charge in [-0.05, 0) is 47.7 Å². The summed E-state index contributed by atoms with van der Waals surface area (Å²) in [6.45, 7) is 0. The van der Waals surface area contributed by atoms with E-state index in [2.05, 4.69) is 9.44 Å². The largest absolute Gasteiger partial charge is 0.481 e. The fraction of sp³-hybridized carbons (Fsp3) is 0.105. The summed E-state index contributed by atoms with van der Waals surface area (Å²) in [7, 11) is -8.10. The number of rotatable bonds is 9. The number of sulfonamides is 2. The van der Waals surface area contributed by atoms with Gasteiger partial charge >= 0.3 is 5.97 Å². The van der Waals surface area contributed by atoms with Gasteiger partial charge in [-0.15, -0.1) is 11.3 Å². The molecule has 0 unspecified atom stereocenters. The SMILES string of the molecule is O=C(O)CCc1ccc(S(=O)(=O)Nc2cc(Cl)c(Cl)cc2NS(=O)(=O)c2cccs2)cc1. The maximum absolute atomic E-state index is 12.9. The molecule has 0 aliphatic rings. The number of carboxylic acids is 1. The van der Waals surface area contributed by atoms with Crippen LogP contribution in [0, 0.1) is 0 Å². The minimum Gasteiger partial charge on any atom is -0.481 e. The zero-order chi connectivity index (χ0) is 23.5. The topological polar surface area (TPSA) is 130 Å². The van der Waals surface area contributed by atoms with Gasteiger partial charge in [0, 0.05) is 6.42 Å². The van der Waals surface area contributed by atoms with Crippen molar-refractivity contribution in [2.75, 3.05) is 9.44 Å². The third-order valence-electron chi connectivity index (χ3n) is 4.17. The Morgan fingerprint density at radius 3 is 1.97 bits per heavy atom. The van der Waals surface area contributed by atoms with E-state index >= 15 is 0 Å². The lowest BCUT2D eigenvalue weighted by molar-refractivity contribution is -0.136. The summed E-state index contributed by atoms with van der Waals surface area (Å²) in [5, 5.41) is 10.4. The second kappa shape index (κ2) is 9.67. The van der Waals surface area contributed by atoms with Crippen LogP contribution < -0.4 is 9.44 Å². The Morgan fingerprint density at radius 1 is 0.906 bits per heavy atom. The predicted molar refractivity (Wildman–Crippen MR) is 125 cm³/mol. The number of halogens is 2. The zero-order valence-corrected chi connectivity index (χ0v) is 20.0. The van der Waals surface area contributed by atoms with Crippen molar-refractivity contribution in [3.8, 4) is 0 Å². The Bertz CT molecular complexity index is 1340. The average Bonchev–Trinajstić information content (AvgIpc) is 3.26. The van der Waals surface area contributed by atoms with Gasteiger partial charge in [0.15, 0.2) is 0 Å². The summed E-state index contributed by atoms with van der Waals surface area (Å²) in [6, 6.07) is 11.0. The monoisotopic (exact) mass is 534 g/mol. The highest BCUT2D eigenvalue weighted by molar-refractivity contribution is 7.94. The van der Waals surface area contributed by atoms with Crippen molar-refractivity contribution >= 4 is 71.9 Å². The van der Waals surface area contributed by atoms with Crippen molar-refractivity contribution < 1.29 is 26.7 Å². The van der Waals surface area contributed by atoms with Crippen LogP contribution in [0.4, 0.5) is 11.4 Å². The van der Waals surface area contributed by atoms with Crippen LogP contribution in [0.1, 0.15) is 12.0 Å². The van der Waals surface area contributed by atoms with Crippen LogP contribution in [0.2, 0.25) is 10.0 Å². The van der Waals surface area contributed by atoms with Crippen molar-refractivity contribution in [1.29, 1.82) is 0 Å². The molecule has 170 valence electrons. The molecule has 3 aromatic rings. The first kappa shape index (κ1) is 24.3. The molecule has 0 spiro atoms. The van der Waals surface area contributed by atoms with E-state index in [9.17, 15) is 21.6 Å². The molecule has 0 aliphatic carbocycles. The van der Waals surface area contributed by atoms with Gasteiger partial charge in [0.05, 0.1) is 26.3 Å². The Balaban J connectivity index is 1.90. The summed E-state index contributed by atoms with van der Waals surface area (Å²) >= 11 is 13.0. The standard InChI is InChI=1S/C19H16Cl2N2O6S3/c20-14-10-16(17(11-15(14)21)23-32(28,29)19-2-1-9-30-19)22-31(26,27)13-6-3-12(4-7-13)5-8-18(24)25/h1-4,6-7,9-11,22-23H,5,8H2,(H,24,25). The van der Waals surface area contributed by atoms with E-state index in [0.717, 1.165) is 11.3 Å². The van der Waals surface area contributed by atoms with Gasteiger partial charge in [-0.3, -0.25) is 14.2 Å². The van der Waals surface area contributed by atoms with Crippen molar-refractivity contribution in [3.63, 3.8) is 0 Å². The average molecular weight is 535 g/mol. The number of aliphatic carboxylic acids is 1. The van der Waals surface area contributed by atoms with E-state index in [1.54, 1.807) is 11.4 Å². The smallest absolute Gasteiger partial charge is 0.303 e. The van der Waals surface area contributed by atoms with E-state index < -0.39 is 26.0 Å². The summed E-state index contributed by atoms with van der Waals surface area (Å²) in [5.41, 5.74) is 0.439. The molecule has 1 aromatic heterocycles. The predicted octanol–water partition coefficient (Wildman–Crippen LogP) is 4.67. The molecule has 0 radical (unpaired) electrons. The van der Waals surface area contributed by atoms with Gasteiger partial charge in [-0.25, -0.2) is 16.8 Å². The van der Waals surface area contributed by atoms with Crippen molar-refractivity contribution in [2.45, 2.75) is 21.9 Å². The fourth-order valence-corrected chi connectivity index (χ4v) is 6.08. The van der Waals surface area contributed by atoms with Crippen molar-refractivity contribution in [1.82, 2.24) is 0 Å². The maximum Gasteiger partial charge on any atom is 0.303 e. The van der Waals surface area contributed by atoms with Crippen LogP contribution in [-0.2, 0) is 31.3 Å². The number of thiophene rings is 1. The van der Waals surface area contributed by atoms with Crippen LogP contribution in [0.5, 0.6) is 0 Å². The molecule has 0 fully saturated rings. The van der Waals surface area contributed by atoms with Gasteiger partial charge in [0.25, 0.3) is 20.0 Å². The molecule has 13 heteroatoms. The highest BCUT2D eigenvalue weighted by atomic mass is 35.5. The highest BCUT2D eigenvalue weighted by Gasteiger charge is 2.22. The van der Waals surface area contributed by atoms with Crippen molar-refractivity contribution in [2.24, 2.45) is 0 Å². The third-order valence-corrected chi connectivity index (χ3v) is 9.04. The molecule has 0 saturated heterocycles. The van der Waals surface area contributed by atoms with Gasteiger partial charge in [-0.1, -0.05) is 41.4 Å². The van der Waals surface area contributed by atoms with Crippen LogP contribution in [0.15, 0.2) is 63.0 Å². The van der Waals surface area contributed by atoms with Crippen molar-refractivity contribution in [3.05, 3.63) is 69.5 Å². The second-order valence-corrected chi connectivity index (χ2v) is 11.8. The number of carboxylic acid groups (broad SMARTS) is 1. The maximum atomic E-state index is 12.9. The van der Waals surface area contributed by atoms with Gasteiger partial charge in [0.2, 0.25) is 0 Å². The lowest BCUT2D eigenvalue weighted by atomic mass is 10.1.